The maximum absolute atomic E-state index is 13.2. The molecule has 156 valence electrons. The van der Waals surface area contributed by atoms with Crippen LogP contribution < -0.4 is 15.4 Å². The third kappa shape index (κ3) is 4.42. The molecule has 3 rings (SSSR count). The van der Waals surface area contributed by atoms with E-state index in [2.05, 4.69) is 5.32 Å². The third-order valence-electron chi connectivity index (χ3n) is 5.00. The molecule has 1 aliphatic rings. The summed E-state index contributed by atoms with van der Waals surface area (Å²) in [6.45, 7) is 1.75. The van der Waals surface area contributed by atoms with Crippen LogP contribution in [0.25, 0.3) is 0 Å². The average molecular weight is 421 g/mol. The van der Waals surface area contributed by atoms with Crippen molar-refractivity contribution in [3.05, 3.63) is 53.8 Å². The van der Waals surface area contributed by atoms with Crippen LogP contribution in [0.15, 0.2) is 47.4 Å². The minimum atomic E-state index is -3.88. The number of halogens is 1. The van der Waals surface area contributed by atoms with Gasteiger partial charge < -0.3 is 16.2 Å². The van der Waals surface area contributed by atoms with E-state index in [1.54, 1.807) is 18.2 Å². The molecule has 0 fully saturated rings. The number of hydrogen-bond donors (Lipinski definition) is 3. The molecule has 1 amide bonds. The van der Waals surface area contributed by atoms with Gasteiger partial charge in [0.2, 0.25) is 5.91 Å². The Bertz CT molecular complexity index is 993. The van der Waals surface area contributed by atoms with Crippen LogP contribution >= 0.6 is 0 Å². The number of nitrogens with zero attached hydrogens (tertiary/aromatic N) is 1. The fourth-order valence-corrected chi connectivity index (χ4v) is 4.89. The summed E-state index contributed by atoms with van der Waals surface area (Å²) in [6.07, 6.45) is 0.446. The Balaban J connectivity index is 1.93. The molecule has 0 spiro atoms. The minimum Gasteiger partial charge on any atom is -0.393 e. The highest BCUT2D eigenvalue weighted by Crippen LogP contribution is 2.34. The molecule has 9 heteroatoms. The molecule has 1 heterocycles. The van der Waals surface area contributed by atoms with Crippen LogP contribution in [-0.2, 0) is 21.2 Å². The smallest absolute Gasteiger partial charge is 0.264 e. The van der Waals surface area contributed by atoms with E-state index in [-0.39, 0.29) is 18.0 Å². The molecule has 0 aromatic heterocycles. The molecule has 29 heavy (non-hydrogen) atoms. The number of nitrogens with two attached hydrogens (primary N) is 1. The molecule has 1 aliphatic heterocycles. The van der Waals surface area contributed by atoms with Gasteiger partial charge in [-0.05, 0) is 61.7 Å². The number of amides is 1. The monoisotopic (exact) mass is 421 g/mol. The molecule has 7 nitrogen and oxygen atoms in total. The SMILES string of the molecule is CC(O)C(CN)C(=O)Nc1ccc2c(c1)N(S(=O)(=O)c1ccc(F)cc1)CCC2. The minimum absolute atomic E-state index is 0.00140. The molecule has 0 aliphatic carbocycles. The number of sulfonamides is 1. The van der Waals surface area contributed by atoms with E-state index in [1.807, 2.05) is 0 Å². The van der Waals surface area contributed by atoms with E-state index in [1.165, 1.54) is 23.4 Å². The van der Waals surface area contributed by atoms with E-state index in [9.17, 15) is 22.7 Å². The van der Waals surface area contributed by atoms with E-state index in [0.29, 0.717) is 24.2 Å². The van der Waals surface area contributed by atoms with Crippen LogP contribution in [0.5, 0.6) is 0 Å². The zero-order chi connectivity index (χ0) is 21.2. The summed E-state index contributed by atoms with van der Waals surface area (Å²) < 4.78 is 40.7. The summed E-state index contributed by atoms with van der Waals surface area (Å²) in [6, 6.07) is 9.76. The van der Waals surface area contributed by atoms with Crippen molar-refractivity contribution < 1.29 is 22.7 Å². The Morgan fingerprint density at radius 2 is 1.97 bits per heavy atom. The number of aliphatic hydroxyl groups excluding tert-OH is 1. The van der Waals surface area contributed by atoms with Crippen molar-refractivity contribution in [1.82, 2.24) is 0 Å². The number of benzene rings is 2. The van der Waals surface area contributed by atoms with Gasteiger partial charge in [-0.2, -0.15) is 0 Å². The van der Waals surface area contributed by atoms with Crippen molar-refractivity contribution in [2.45, 2.75) is 30.8 Å². The lowest BCUT2D eigenvalue weighted by Crippen LogP contribution is -2.37. The van der Waals surface area contributed by atoms with E-state index >= 15 is 0 Å². The van der Waals surface area contributed by atoms with Crippen molar-refractivity contribution in [2.75, 3.05) is 22.7 Å². The first-order chi connectivity index (χ1) is 13.7. The maximum Gasteiger partial charge on any atom is 0.264 e. The first kappa shape index (κ1) is 21.2. The zero-order valence-corrected chi connectivity index (χ0v) is 16.8. The topological polar surface area (TPSA) is 113 Å². The van der Waals surface area contributed by atoms with Gasteiger partial charge >= 0.3 is 0 Å². The van der Waals surface area contributed by atoms with Gasteiger partial charge in [-0.15, -0.1) is 0 Å². The maximum atomic E-state index is 13.2. The average Bonchev–Trinajstić information content (AvgIpc) is 2.68. The number of carbonyl (C=O) groups excluding carboxylic acids is 1. The lowest BCUT2D eigenvalue weighted by Gasteiger charge is -2.31. The highest BCUT2D eigenvalue weighted by molar-refractivity contribution is 7.92. The molecular weight excluding hydrogens is 397 g/mol. The molecule has 2 unspecified atom stereocenters. The standard InChI is InChI=1S/C20H24FN3O4S/c1-13(25)18(12-22)20(26)23-16-7-4-14-3-2-10-24(19(14)11-16)29(27,28)17-8-5-15(21)6-9-17/h4-9,11,13,18,25H,2-3,10,12,22H2,1H3,(H,23,26). The lowest BCUT2D eigenvalue weighted by molar-refractivity contribution is -0.122. The van der Waals surface area contributed by atoms with E-state index < -0.39 is 33.8 Å². The van der Waals surface area contributed by atoms with Crippen molar-refractivity contribution in [3.8, 4) is 0 Å². The second-order valence-electron chi connectivity index (χ2n) is 7.05. The predicted molar refractivity (Wildman–Crippen MR) is 109 cm³/mol. The number of aryl methyl sites for hydroxylation is 1. The summed E-state index contributed by atoms with van der Waals surface area (Å²) >= 11 is 0. The van der Waals surface area contributed by atoms with E-state index in [4.69, 9.17) is 5.73 Å². The van der Waals surface area contributed by atoms with Crippen molar-refractivity contribution in [1.29, 1.82) is 0 Å². The second kappa shape index (κ2) is 8.48. The van der Waals surface area contributed by atoms with Gasteiger partial charge in [-0.3, -0.25) is 9.10 Å². The van der Waals surface area contributed by atoms with E-state index in [0.717, 1.165) is 17.7 Å². The van der Waals surface area contributed by atoms with Crippen LogP contribution in [0.1, 0.15) is 18.9 Å². The Kier molecular flexibility index (Phi) is 6.21. The van der Waals surface area contributed by atoms with Gasteiger partial charge in [0, 0.05) is 18.8 Å². The number of fused-ring (bicyclic) bond motifs is 1. The quantitative estimate of drug-likeness (QED) is 0.659. The molecule has 0 radical (unpaired) electrons. The van der Waals surface area contributed by atoms with Crippen molar-refractivity contribution >= 4 is 27.3 Å². The van der Waals surface area contributed by atoms with Crippen LogP contribution in [0, 0.1) is 11.7 Å². The number of hydrogen-bond acceptors (Lipinski definition) is 5. The molecule has 0 saturated heterocycles. The van der Waals surface area contributed by atoms with Gasteiger partial charge in [0.25, 0.3) is 10.0 Å². The van der Waals surface area contributed by atoms with Crippen molar-refractivity contribution in [3.63, 3.8) is 0 Å². The highest BCUT2D eigenvalue weighted by atomic mass is 32.2. The predicted octanol–water partition coefficient (Wildman–Crippen LogP) is 1.86. The lowest BCUT2D eigenvalue weighted by atomic mass is 10.0. The first-order valence-electron chi connectivity index (χ1n) is 9.34. The summed E-state index contributed by atoms with van der Waals surface area (Å²) in [5, 5.41) is 12.4. The molecular formula is C20H24FN3O4S. The number of aliphatic hydroxyl groups is 1. The molecule has 4 N–H and O–H groups in total. The molecule has 0 bridgehead atoms. The Labute approximate surface area is 169 Å². The van der Waals surface area contributed by atoms with Crippen LogP contribution in [-0.4, -0.2) is 38.6 Å². The largest absolute Gasteiger partial charge is 0.393 e. The first-order valence-corrected chi connectivity index (χ1v) is 10.8. The van der Waals surface area contributed by atoms with Gasteiger partial charge in [0.05, 0.1) is 22.6 Å². The van der Waals surface area contributed by atoms with Crippen LogP contribution in [0.3, 0.4) is 0 Å². The molecule has 0 saturated carbocycles. The normalized spacial score (nSPS) is 16.1. The van der Waals surface area contributed by atoms with Crippen LogP contribution in [0.4, 0.5) is 15.8 Å². The highest BCUT2D eigenvalue weighted by Gasteiger charge is 2.30. The second-order valence-corrected chi connectivity index (χ2v) is 8.91. The van der Waals surface area contributed by atoms with Gasteiger partial charge in [-0.1, -0.05) is 6.07 Å². The summed E-state index contributed by atoms with van der Waals surface area (Å²) in [7, 11) is -3.88. The summed E-state index contributed by atoms with van der Waals surface area (Å²) in [4.78, 5) is 12.4. The molecule has 2 atom stereocenters. The zero-order valence-electron chi connectivity index (χ0n) is 16.0. The number of anilines is 2. The van der Waals surface area contributed by atoms with Crippen LogP contribution in [0.2, 0.25) is 0 Å². The molecule has 2 aromatic carbocycles. The Morgan fingerprint density at radius 1 is 1.28 bits per heavy atom. The van der Waals surface area contributed by atoms with Gasteiger partial charge in [0.1, 0.15) is 5.82 Å². The van der Waals surface area contributed by atoms with Crippen molar-refractivity contribution in [2.24, 2.45) is 11.7 Å². The molecule has 2 aromatic rings. The van der Waals surface area contributed by atoms with Gasteiger partial charge in [-0.25, -0.2) is 12.8 Å². The Hall–Kier alpha value is -2.49. The Morgan fingerprint density at radius 3 is 2.59 bits per heavy atom. The third-order valence-corrected chi connectivity index (χ3v) is 6.83. The summed E-state index contributed by atoms with van der Waals surface area (Å²) in [5.74, 6) is -1.73. The summed E-state index contributed by atoms with van der Waals surface area (Å²) in [5.41, 5.74) is 7.28. The fraction of sp³-hybridized carbons (Fsp3) is 0.350. The van der Waals surface area contributed by atoms with Gasteiger partial charge in [0.15, 0.2) is 0 Å². The fourth-order valence-electron chi connectivity index (χ4n) is 3.36. The number of carbonyl (C=O) groups is 1. The number of nitrogens with one attached hydrogen (secondary N) is 1. The number of rotatable bonds is 6.